The molecule has 51 heavy (non-hydrogen) atoms. The molecule has 4 aromatic heterocycles. The van der Waals surface area contributed by atoms with Crippen molar-refractivity contribution in [2.24, 2.45) is 0 Å². The van der Waals surface area contributed by atoms with E-state index in [2.05, 4.69) is 156 Å². The smallest absolute Gasteiger partial charge is 0.179 e. The first-order valence-corrected chi connectivity index (χ1v) is 19.2. The third-order valence-electron chi connectivity index (χ3n) is 10.2. The molecule has 0 saturated heterocycles. The van der Waals surface area contributed by atoms with Gasteiger partial charge < -0.3 is 4.42 Å². The van der Waals surface area contributed by atoms with Crippen LogP contribution < -0.4 is 20.7 Å². The van der Waals surface area contributed by atoms with Crippen molar-refractivity contribution in [3.8, 4) is 17.1 Å². The fourth-order valence-electron chi connectivity index (χ4n) is 8.02. The van der Waals surface area contributed by atoms with Gasteiger partial charge in [0.1, 0.15) is 17.0 Å². The topological polar surface area (TPSA) is 43.9 Å². The first-order chi connectivity index (χ1) is 25.3. The van der Waals surface area contributed by atoms with E-state index in [1.54, 1.807) is 0 Å². The predicted molar refractivity (Wildman–Crippen MR) is 213 cm³/mol. The Labute approximate surface area is 295 Å². The average Bonchev–Trinajstić information content (AvgIpc) is 3.73. The fraction of sp³-hybridized carbons (Fsp3) is 0. The van der Waals surface area contributed by atoms with Crippen LogP contribution in [0.1, 0.15) is 0 Å². The summed E-state index contributed by atoms with van der Waals surface area (Å²) in [4.78, 5) is 9.64. The van der Waals surface area contributed by atoms with Crippen LogP contribution in [0.4, 0.5) is 0 Å². The van der Waals surface area contributed by atoms with Crippen LogP contribution in [0.5, 0.6) is 0 Å². The van der Waals surface area contributed by atoms with Gasteiger partial charge in [-0.2, -0.15) is 0 Å². The Balaban J connectivity index is 1.33. The van der Waals surface area contributed by atoms with Crippen molar-refractivity contribution in [1.29, 1.82) is 0 Å². The molecule has 0 fully saturated rings. The number of furan rings is 1. The molecule has 0 aliphatic rings. The third-order valence-corrected chi connectivity index (χ3v) is 15.0. The molecule has 4 nitrogen and oxygen atoms in total. The van der Waals surface area contributed by atoms with Gasteiger partial charge in [-0.3, -0.25) is 9.55 Å². The maximum atomic E-state index is 6.40. The number of benzene rings is 6. The van der Waals surface area contributed by atoms with Crippen LogP contribution in [0.3, 0.4) is 0 Å². The summed E-state index contributed by atoms with van der Waals surface area (Å²) in [5, 5.41) is 9.73. The molecule has 0 amide bonds. The van der Waals surface area contributed by atoms with E-state index < -0.39 is 8.07 Å². The quantitative estimate of drug-likeness (QED) is 0.132. The third kappa shape index (κ3) is 4.59. The van der Waals surface area contributed by atoms with Crippen molar-refractivity contribution in [2.45, 2.75) is 0 Å². The first kappa shape index (κ1) is 29.4. The Morgan fingerprint density at radius 1 is 0.412 bits per heavy atom. The Kier molecular flexibility index (Phi) is 6.79. The van der Waals surface area contributed by atoms with Gasteiger partial charge in [0, 0.05) is 39.5 Å². The highest BCUT2D eigenvalue weighted by Gasteiger charge is 2.42. The highest BCUT2D eigenvalue weighted by atomic mass is 28.3. The van der Waals surface area contributed by atoms with Crippen LogP contribution in [0.15, 0.2) is 193 Å². The predicted octanol–water partition coefficient (Wildman–Crippen LogP) is 8.52. The summed E-state index contributed by atoms with van der Waals surface area (Å²) in [7, 11) is -2.91. The molecule has 5 heteroatoms. The van der Waals surface area contributed by atoms with Crippen LogP contribution in [0.2, 0.25) is 0 Å². The Hall–Kier alpha value is -6.56. The molecule has 0 saturated carbocycles. The molecule has 240 valence electrons. The highest BCUT2D eigenvalue weighted by molar-refractivity contribution is 7.20. The Morgan fingerprint density at radius 2 is 1.08 bits per heavy atom. The molecule has 0 aliphatic heterocycles. The minimum atomic E-state index is -2.91. The van der Waals surface area contributed by atoms with Gasteiger partial charge in [0.2, 0.25) is 0 Å². The minimum Gasteiger partial charge on any atom is -0.456 e. The van der Waals surface area contributed by atoms with E-state index in [0.717, 1.165) is 60.8 Å². The summed E-state index contributed by atoms with van der Waals surface area (Å²) in [6, 6.07) is 63.3. The second-order valence-electron chi connectivity index (χ2n) is 13.0. The zero-order chi connectivity index (χ0) is 33.8. The van der Waals surface area contributed by atoms with Crippen molar-refractivity contribution in [3.05, 3.63) is 188 Å². The summed E-state index contributed by atoms with van der Waals surface area (Å²) in [6.45, 7) is 0. The molecule has 0 bridgehead atoms. The Bertz CT molecular complexity index is 2810. The number of pyridine rings is 2. The lowest BCUT2D eigenvalue weighted by atomic mass is 10.1. The van der Waals surface area contributed by atoms with Crippen LogP contribution >= 0.6 is 0 Å². The molecule has 10 rings (SSSR count). The molecular weight excluding hydrogens is 639 g/mol. The molecule has 0 N–H and O–H groups in total. The largest absolute Gasteiger partial charge is 0.456 e. The lowest BCUT2D eigenvalue weighted by Crippen LogP contribution is -2.74. The highest BCUT2D eigenvalue weighted by Crippen LogP contribution is 2.38. The van der Waals surface area contributed by atoms with Crippen LogP contribution in [0.25, 0.3) is 60.8 Å². The number of hydrogen-bond donors (Lipinski definition) is 0. The van der Waals surface area contributed by atoms with Gasteiger partial charge in [0.15, 0.2) is 8.07 Å². The molecule has 0 atom stereocenters. The van der Waals surface area contributed by atoms with E-state index in [0.29, 0.717) is 0 Å². The lowest BCUT2D eigenvalue weighted by molar-refractivity contribution is 0.669. The van der Waals surface area contributed by atoms with Gasteiger partial charge in [-0.1, -0.05) is 127 Å². The van der Waals surface area contributed by atoms with E-state index in [1.165, 1.54) is 20.7 Å². The van der Waals surface area contributed by atoms with E-state index in [1.807, 2.05) is 36.7 Å². The van der Waals surface area contributed by atoms with Crippen LogP contribution in [-0.4, -0.2) is 22.6 Å². The number of hydrogen-bond acceptors (Lipinski definition) is 3. The Morgan fingerprint density at radius 3 is 1.82 bits per heavy atom. The summed E-state index contributed by atoms with van der Waals surface area (Å²) < 4.78 is 8.73. The molecule has 0 radical (unpaired) electrons. The molecular formula is C46H31N3OSi. The molecule has 6 aromatic carbocycles. The normalized spacial score (nSPS) is 11.9. The monoisotopic (exact) mass is 669 g/mol. The number of nitrogens with zero attached hydrogens (tertiary/aromatic N) is 3. The number of fused-ring (bicyclic) bond motifs is 6. The second-order valence-corrected chi connectivity index (χ2v) is 16.8. The number of aromatic nitrogens is 3. The summed E-state index contributed by atoms with van der Waals surface area (Å²) in [6.07, 6.45) is 3.74. The standard InChI is InChI=1S/C46H31N3OSi/c1-3-15-33(16-4-1)51(34-17-5-2-6-18-34,35-19-13-14-32(28-35)41-21-9-11-26-47-41)36-24-25-37-39-31-45-40(38-20-7-8-22-44(38)50-45)30-43(39)49(42(37)29-36)46-23-10-12-27-48-46/h1-31H. The zero-order valence-corrected chi connectivity index (χ0v) is 28.6. The molecule has 10 aromatic rings. The van der Waals surface area contributed by atoms with Crippen LogP contribution in [0, 0.1) is 0 Å². The maximum Gasteiger partial charge on any atom is 0.179 e. The van der Waals surface area contributed by atoms with Crippen LogP contribution in [-0.2, 0) is 0 Å². The molecule has 4 heterocycles. The van der Waals surface area contributed by atoms with Crippen molar-refractivity contribution >= 4 is 72.6 Å². The summed E-state index contributed by atoms with van der Waals surface area (Å²) in [5.41, 5.74) is 6.06. The van der Waals surface area contributed by atoms with E-state index in [-0.39, 0.29) is 0 Å². The maximum absolute atomic E-state index is 6.40. The summed E-state index contributed by atoms with van der Waals surface area (Å²) in [5.74, 6) is 0.880. The van der Waals surface area contributed by atoms with Gasteiger partial charge in [-0.25, -0.2) is 4.98 Å². The van der Waals surface area contributed by atoms with E-state index in [4.69, 9.17) is 14.4 Å². The van der Waals surface area contributed by atoms with Crippen molar-refractivity contribution in [1.82, 2.24) is 14.5 Å². The fourth-order valence-corrected chi connectivity index (χ4v) is 12.8. The van der Waals surface area contributed by atoms with Crippen molar-refractivity contribution in [2.75, 3.05) is 0 Å². The number of rotatable bonds is 6. The summed E-state index contributed by atoms with van der Waals surface area (Å²) >= 11 is 0. The molecule has 0 spiro atoms. The van der Waals surface area contributed by atoms with Gasteiger partial charge in [-0.15, -0.1) is 0 Å². The van der Waals surface area contributed by atoms with E-state index in [9.17, 15) is 0 Å². The number of para-hydroxylation sites is 1. The van der Waals surface area contributed by atoms with Crippen molar-refractivity contribution in [3.63, 3.8) is 0 Å². The van der Waals surface area contributed by atoms with Crippen molar-refractivity contribution < 1.29 is 4.42 Å². The first-order valence-electron chi connectivity index (χ1n) is 17.2. The lowest BCUT2D eigenvalue weighted by Gasteiger charge is -2.34. The molecule has 0 unspecified atom stereocenters. The SMILES string of the molecule is c1ccc([Si](c2ccccc2)(c2cccc(-c3ccccn3)c2)c2ccc3c4cc5oc6ccccc6c5cc4n(-c4ccccn4)c3c2)cc1. The van der Waals surface area contributed by atoms with Gasteiger partial charge in [0.05, 0.1) is 16.7 Å². The van der Waals surface area contributed by atoms with Gasteiger partial charge in [0.25, 0.3) is 0 Å². The molecule has 0 aliphatic carbocycles. The van der Waals surface area contributed by atoms with Gasteiger partial charge in [-0.05, 0) is 69.3 Å². The van der Waals surface area contributed by atoms with E-state index >= 15 is 0 Å². The zero-order valence-electron chi connectivity index (χ0n) is 27.6. The van der Waals surface area contributed by atoms with Gasteiger partial charge >= 0.3 is 0 Å². The second kappa shape index (κ2) is 11.8. The minimum absolute atomic E-state index is 0.880. The average molecular weight is 670 g/mol.